The van der Waals surface area contributed by atoms with Crippen LogP contribution >= 0.6 is 12.6 Å². The van der Waals surface area contributed by atoms with Crippen molar-refractivity contribution in [2.45, 2.75) is 30.8 Å². The highest BCUT2D eigenvalue weighted by atomic mass is 32.1. The number of piperidine rings is 1. The van der Waals surface area contributed by atoms with Crippen LogP contribution in [0.1, 0.15) is 19.8 Å². The Labute approximate surface area is 144 Å². The van der Waals surface area contributed by atoms with Crippen LogP contribution in [0.3, 0.4) is 0 Å². The molecule has 1 N–H and O–H groups in total. The molecule has 0 saturated carbocycles. The second-order valence-electron chi connectivity index (χ2n) is 6.08. The van der Waals surface area contributed by atoms with E-state index in [2.05, 4.69) is 36.2 Å². The van der Waals surface area contributed by atoms with Gasteiger partial charge in [0.2, 0.25) is 0 Å². The monoisotopic (exact) mass is 331 g/mol. The first-order valence-corrected chi connectivity index (χ1v) is 8.88. The molecule has 0 bridgehead atoms. The van der Waals surface area contributed by atoms with Gasteiger partial charge in [0.05, 0.1) is 6.61 Å². The van der Waals surface area contributed by atoms with E-state index in [4.69, 9.17) is 9.47 Å². The van der Waals surface area contributed by atoms with Gasteiger partial charge in [0, 0.05) is 23.3 Å². The molecule has 3 aliphatic rings. The molecule has 2 fully saturated rings. The predicted molar refractivity (Wildman–Crippen MR) is 96.0 cm³/mol. The van der Waals surface area contributed by atoms with Crippen LogP contribution in [-0.4, -0.2) is 25.8 Å². The van der Waals surface area contributed by atoms with Gasteiger partial charge >= 0.3 is 0 Å². The lowest BCUT2D eigenvalue weighted by atomic mass is 9.81. The minimum absolute atomic E-state index is 0.449. The Bertz CT molecular complexity index is 584. The van der Waals surface area contributed by atoms with E-state index in [1.807, 2.05) is 31.2 Å². The Morgan fingerprint density at radius 1 is 1.39 bits per heavy atom. The third-order valence-corrected chi connectivity index (χ3v) is 4.84. The largest absolute Gasteiger partial charge is 0.494 e. The fourth-order valence-electron chi connectivity index (χ4n) is 3.49. The van der Waals surface area contributed by atoms with Gasteiger partial charge in [-0.3, -0.25) is 0 Å². The fourth-order valence-corrected chi connectivity index (χ4v) is 3.71. The summed E-state index contributed by atoms with van der Waals surface area (Å²) in [6.07, 6.45) is 9.45. The number of nitrogens with one attached hydrogen (secondary N) is 1. The van der Waals surface area contributed by atoms with Gasteiger partial charge in [0.15, 0.2) is 0 Å². The van der Waals surface area contributed by atoms with E-state index >= 15 is 0 Å². The van der Waals surface area contributed by atoms with Gasteiger partial charge in [0.25, 0.3) is 0 Å². The SMILES string of the molecule is C1=CCC2C(=C1)OC1CNCCC12.CCOc1cccc(S)c1. The summed E-state index contributed by atoms with van der Waals surface area (Å²) >= 11 is 4.17. The van der Waals surface area contributed by atoms with E-state index in [1.165, 1.54) is 18.6 Å². The maximum atomic E-state index is 5.92. The lowest BCUT2D eigenvalue weighted by molar-refractivity contribution is 0.108. The molecule has 3 atom stereocenters. The second-order valence-corrected chi connectivity index (χ2v) is 6.60. The number of benzene rings is 1. The van der Waals surface area contributed by atoms with Crippen LogP contribution in [0.25, 0.3) is 0 Å². The van der Waals surface area contributed by atoms with Gasteiger partial charge in [-0.05, 0) is 50.6 Å². The molecule has 1 aromatic carbocycles. The quantitative estimate of drug-likeness (QED) is 0.808. The minimum atomic E-state index is 0.449. The Hall–Kier alpha value is -1.39. The number of hydrogen-bond acceptors (Lipinski definition) is 4. The molecule has 1 aromatic rings. The topological polar surface area (TPSA) is 30.5 Å². The third kappa shape index (κ3) is 4.12. The van der Waals surface area contributed by atoms with Crippen molar-refractivity contribution in [3.8, 4) is 5.75 Å². The summed E-state index contributed by atoms with van der Waals surface area (Å²) < 4.78 is 11.2. The molecular formula is C19H25NO2S. The van der Waals surface area contributed by atoms with Crippen LogP contribution in [0.5, 0.6) is 5.75 Å². The lowest BCUT2D eigenvalue weighted by Crippen LogP contribution is -2.39. The maximum absolute atomic E-state index is 5.92. The van der Waals surface area contributed by atoms with E-state index in [0.717, 1.165) is 29.7 Å². The number of thiol groups is 1. The van der Waals surface area contributed by atoms with Gasteiger partial charge in [-0.1, -0.05) is 18.2 Å². The van der Waals surface area contributed by atoms with Crippen molar-refractivity contribution >= 4 is 12.6 Å². The molecule has 23 heavy (non-hydrogen) atoms. The smallest absolute Gasteiger partial charge is 0.120 e. The van der Waals surface area contributed by atoms with Crippen LogP contribution in [0.15, 0.2) is 53.1 Å². The van der Waals surface area contributed by atoms with Gasteiger partial charge in [-0.2, -0.15) is 0 Å². The zero-order chi connectivity index (χ0) is 16.1. The summed E-state index contributed by atoms with van der Waals surface area (Å²) in [4.78, 5) is 0.936. The normalized spacial score (nSPS) is 27.7. The molecule has 1 aliphatic carbocycles. The molecule has 3 nitrogen and oxygen atoms in total. The summed E-state index contributed by atoms with van der Waals surface area (Å²) in [5.74, 6) is 3.59. The van der Waals surface area contributed by atoms with Crippen molar-refractivity contribution in [1.82, 2.24) is 5.32 Å². The molecule has 0 aromatic heterocycles. The Kier molecular flexibility index (Phi) is 5.68. The summed E-state index contributed by atoms with van der Waals surface area (Å²) in [7, 11) is 0. The van der Waals surface area contributed by atoms with E-state index in [9.17, 15) is 0 Å². The van der Waals surface area contributed by atoms with Crippen LogP contribution in [0.4, 0.5) is 0 Å². The number of ether oxygens (including phenoxy) is 2. The van der Waals surface area contributed by atoms with Crippen LogP contribution in [0.2, 0.25) is 0 Å². The summed E-state index contributed by atoms with van der Waals surface area (Å²) in [6, 6.07) is 7.66. The molecule has 0 radical (unpaired) electrons. The molecular weight excluding hydrogens is 306 g/mol. The average molecular weight is 331 g/mol. The van der Waals surface area contributed by atoms with Gasteiger partial charge in [0.1, 0.15) is 17.6 Å². The number of fused-ring (bicyclic) bond motifs is 3. The lowest BCUT2D eigenvalue weighted by Gasteiger charge is -2.26. The zero-order valence-electron chi connectivity index (χ0n) is 13.6. The molecule has 2 heterocycles. The first-order valence-electron chi connectivity index (χ1n) is 8.44. The molecule has 4 heteroatoms. The van der Waals surface area contributed by atoms with Gasteiger partial charge in [-0.15, -0.1) is 12.6 Å². The first-order chi connectivity index (χ1) is 11.3. The molecule has 0 amide bonds. The standard InChI is InChI=1S/C11H15NO.C8H10OS/c1-2-4-10-8(3-1)9-5-6-12-7-11(9)13-10;1-2-9-7-4-3-5-8(10)6-7/h1-2,4,8-9,11-12H,3,5-7H2;3-6,10H,2H2,1H3. The zero-order valence-corrected chi connectivity index (χ0v) is 14.5. The molecule has 3 unspecified atom stereocenters. The van der Waals surface area contributed by atoms with Crippen LogP contribution in [-0.2, 0) is 4.74 Å². The first kappa shape index (κ1) is 16.5. The number of allylic oxidation sites excluding steroid dienone is 4. The predicted octanol–water partition coefficient (Wildman–Crippen LogP) is 3.83. The highest BCUT2D eigenvalue weighted by Crippen LogP contribution is 2.42. The Balaban J connectivity index is 0.000000142. The van der Waals surface area contributed by atoms with Gasteiger partial charge < -0.3 is 14.8 Å². The van der Waals surface area contributed by atoms with Crippen molar-refractivity contribution in [3.05, 3.63) is 48.3 Å². The highest BCUT2D eigenvalue weighted by molar-refractivity contribution is 7.80. The summed E-state index contributed by atoms with van der Waals surface area (Å²) in [6.45, 7) is 4.87. The number of rotatable bonds is 2. The molecule has 2 aliphatic heterocycles. The fraction of sp³-hybridized carbons (Fsp3) is 0.474. The molecule has 4 rings (SSSR count). The Morgan fingerprint density at radius 3 is 3.13 bits per heavy atom. The minimum Gasteiger partial charge on any atom is -0.494 e. The Morgan fingerprint density at radius 2 is 2.30 bits per heavy atom. The second kappa shape index (κ2) is 7.93. The van der Waals surface area contributed by atoms with E-state index in [1.54, 1.807) is 0 Å². The summed E-state index contributed by atoms with van der Waals surface area (Å²) in [5.41, 5.74) is 0. The van der Waals surface area contributed by atoms with Crippen LogP contribution in [0, 0.1) is 11.8 Å². The average Bonchev–Trinajstić information content (AvgIpc) is 2.94. The van der Waals surface area contributed by atoms with Crippen LogP contribution < -0.4 is 10.1 Å². The van der Waals surface area contributed by atoms with Crippen molar-refractivity contribution in [1.29, 1.82) is 0 Å². The molecule has 124 valence electrons. The van der Waals surface area contributed by atoms with Gasteiger partial charge in [-0.25, -0.2) is 0 Å². The maximum Gasteiger partial charge on any atom is 0.120 e. The van der Waals surface area contributed by atoms with Crippen molar-refractivity contribution in [2.75, 3.05) is 19.7 Å². The molecule has 2 saturated heterocycles. The number of hydrogen-bond donors (Lipinski definition) is 2. The van der Waals surface area contributed by atoms with E-state index in [0.29, 0.717) is 18.6 Å². The molecule has 0 spiro atoms. The third-order valence-electron chi connectivity index (χ3n) is 4.56. The van der Waals surface area contributed by atoms with E-state index in [-0.39, 0.29) is 0 Å². The highest BCUT2D eigenvalue weighted by Gasteiger charge is 2.42. The van der Waals surface area contributed by atoms with Crippen molar-refractivity contribution in [2.24, 2.45) is 11.8 Å². The van der Waals surface area contributed by atoms with Crippen molar-refractivity contribution in [3.63, 3.8) is 0 Å². The summed E-state index contributed by atoms with van der Waals surface area (Å²) in [5, 5.41) is 3.39. The van der Waals surface area contributed by atoms with Crippen molar-refractivity contribution < 1.29 is 9.47 Å². The van der Waals surface area contributed by atoms with E-state index < -0.39 is 0 Å².